The lowest BCUT2D eigenvalue weighted by molar-refractivity contribution is -0.121. The van der Waals surface area contributed by atoms with Crippen LogP contribution in [0.4, 0.5) is 5.69 Å². The summed E-state index contributed by atoms with van der Waals surface area (Å²) in [7, 11) is 0. The Bertz CT molecular complexity index is 451. The van der Waals surface area contributed by atoms with Gasteiger partial charge in [0.2, 0.25) is 5.91 Å². The Hall–Kier alpha value is -0.580. The van der Waals surface area contributed by atoms with Crippen molar-refractivity contribution in [2.75, 3.05) is 18.0 Å². The van der Waals surface area contributed by atoms with E-state index in [9.17, 15) is 4.79 Å². The molecule has 1 aliphatic rings. The lowest BCUT2D eigenvalue weighted by Gasteiger charge is -2.32. The van der Waals surface area contributed by atoms with Crippen molar-refractivity contribution >= 4 is 39.1 Å². The van der Waals surface area contributed by atoms with Gasteiger partial charge in [-0.25, -0.2) is 0 Å². The van der Waals surface area contributed by atoms with Crippen LogP contribution in [0.5, 0.6) is 0 Å². The first kappa shape index (κ1) is 13.8. The van der Waals surface area contributed by atoms with Gasteiger partial charge < -0.3 is 10.2 Å². The van der Waals surface area contributed by atoms with E-state index in [1.54, 1.807) is 0 Å². The molecule has 1 aromatic carbocycles. The summed E-state index contributed by atoms with van der Waals surface area (Å²) in [6.07, 6.45) is 1.93. The highest BCUT2D eigenvalue weighted by atomic mass is 79.9. The molecule has 5 heteroatoms. The Labute approximate surface area is 121 Å². The molecule has 0 radical (unpaired) electrons. The van der Waals surface area contributed by atoms with Gasteiger partial charge in [0, 0.05) is 16.7 Å². The van der Waals surface area contributed by atoms with E-state index in [0.29, 0.717) is 5.02 Å². The topological polar surface area (TPSA) is 32.3 Å². The number of benzene rings is 1. The molecule has 3 nitrogen and oxygen atoms in total. The molecule has 1 amide bonds. The Morgan fingerprint density at radius 3 is 3.00 bits per heavy atom. The fraction of sp³-hybridized carbons (Fsp3) is 0.462. The summed E-state index contributed by atoms with van der Waals surface area (Å²) in [5, 5.41) is 3.89. The van der Waals surface area contributed by atoms with Gasteiger partial charge in [-0.15, -0.1) is 0 Å². The van der Waals surface area contributed by atoms with E-state index in [4.69, 9.17) is 11.6 Å². The molecule has 1 N–H and O–H groups in total. The molecule has 18 heavy (non-hydrogen) atoms. The van der Waals surface area contributed by atoms with Gasteiger partial charge in [-0.3, -0.25) is 4.79 Å². The van der Waals surface area contributed by atoms with Crippen LogP contribution in [0.25, 0.3) is 0 Å². The average Bonchev–Trinajstić information content (AvgIpc) is 2.36. The molecule has 0 aromatic heterocycles. The van der Waals surface area contributed by atoms with Crippen molar-refractivity contribution in [3.05, 3.63) is 27.7 Å². The highest BCUT2D eigenvalue weighted by Gasteiger charge is 2.28. The molecule has 1 aliphatic heterocycles. The van der Waals surface area contributed by atoms with Crippen molar-refractivity contribution in [2.45, 2.75) is 25.8 Å². The second-order valence-electron chi connectivity index (χ2n) is 4.34. The van der Waals surface area contributed by atoms with Crippen molar-refractivity contribution < 1.29 is 4.79 Å². The van der Waals surface area contributed by atoms with E-state index in [0.717, 1.165) is 36.1 Å². The van der Waals surface area contributed by atoms with Crippen molar-refractivity contribution in [3.8, 4) is 0 Å². The second kappa shape index (κ2) is 6.04. The monoisotopic (exact) mass is 330 g/mol. The first-order valence-corrected chi connectivity index (χ1v) is 7.30. The molecule has 0 spiro atoms. The third-order valence-electron chi connectivity index (χ3n) is 3.10. The Morgan fingerprint density at radius 1 is 1.56 bits per heavy atom. The molecule has 1 unspecified atom stereocenters. The van der Waals surface area contributed by atoms with Crippen LogP contribution in [0, 0.1) is 0 Å². The van der Waals surface area contributed by atoms with Gasteiger partial charge in [0.1, 0.15) is 0 Å². The number of carbonyl (C=O) groups excluding carboxylic acids is 1. The Kier molecular flexibility index (Phi) is 4.65. The summed E-state index contributed by atoms with van der Waals surface area (Å²) >= 11 is 9.36. The van der Waals surface area contributed by atoms with Crippen molar-refractivity contribution in [2.24, 2.45) is 0 Å². The molecule has 1 heterocycles. The van der Waals surface area contributed by atoms with Crippen LogP contribution in [0.1, 0.15) is 19.8 Å². The number of piperidine rings is 1. The molecule has 1 saturated heterocycles. The number of hydrogen-bond acceptors (Lipinski definition) is 2. The molecule has 98 valence electrons. The van der Waals surface area contributed by atoms with E-state index in [1.165, 1.54) is 0 Å². The fourth-order valence-electron chi connectivity index (χ4n) is 2.22. The quantitative estimate of drug-likeness (QED) is 0.922. The smallest absolute Gasteiger partial charge is 0.244 e. The maximum Gasteiger partial charge on any atom is 0.244 e. The molecule has 1 atom stereocenters. The number of carbonyl (C=O) groups is 1. The molecule has 0 aliphatic carbocycles. The van der Waals surface area contributed by atoms with Crippen LogP contribution in [0.3, 0.4) is 0 Å². The lowest BCUT2D eigenvalue weighted by atomic mass is 10.0. The maximum absolute atomic E-state index is 12.3. The molecular formula is C13H16BrClN2O. The number of halogens is 2. The fourth-order valence-corrected chi connectivity index (χ4v) is 2.70. The van der Waals surface area contributed by atoms with Gasteiger partial charge in [-0.1, -0.05) is 18.5 Å². The number of amides is 1. The van der Waals surface area contributed by atoms with Gasteiger partial charge in [-0.05, 0) is 53.5 Å². The number of hydrogen-bond donors (Lipinski definition) is 1. The zero-order valence-electron chi connectivity index (χ0n) is 10.2. The molecule has 1 aromatic rings. The number of likely N-dealkylation sites (N-methyl/N-ethyl adjacent to an activating group) is 1. The summed E-state index contributed by atoms with van der Waals surface area (Å²) in [6, 6.07) is 5.54. The first-order chi connectivity index (χ1) is 8.63. The van der Waals surface area contributed by atoms with Gasteiger partial charge >= 0.3 is 0 Å². The molecule has 0 saturated carbocycles. The Balaban J connectivity index is 2.21. The van der Waals surface area contributed by atoms with E-state index in [2.05, 4.69) is 21.2 Å². The van der Waals surface area contributed by atoms with E-state index >= 15 is 0 Å². The van der Waals surface area contributed by atoms with Crippen LogP contribution >= 0.6 is 27.5 Å². The number of nitrogens with one attached hydrogen (secondary N) is 1. The molecular weight excluding hydrogens is 316 g/mol. The van der Waals surface area contributed by atoms with E-state index in [1.807, 2.05) is 30.0 Å². The Morgan fingerprint density at radius 2 is 2.33 bits per heavy atom. The van der Waals surface area contributed by atoms with E-state index < -0.39 is 0 Å². The summed E-state index contributed by atoms with van der Waals surface area (Å²) in [5.41, 5.74) is 0.902. The number of nitrogens with zero attached hydrogens (tertiary/aromatic N) is 1. The minimum atomic E-state index is -0.0572. The van der Waals surface area contributed by atoms with Crippen molar-refractivity contribution in [1.29, 1.82) is 0 Å². The average molecular weight is 332 g/mol. The summed E-state index contributed by atoms with van der Waals surface area (Å²) < 4.78 is 0.819. The van der Waals surface area contributed by atoms with E-state index in [-0.39, 0.29) is 11.9 Å². The molecule has 0 bridgehead atoms. The maximum atomic E-state index is 12.3. The summed E-state index contributed by atoms with van der Waals surface area (Å²) in [4.78, 5) is 14.2. The number of rotatable bonds is 3. The minimum absolute atomic E-state index is 0.0572. The summed E-state index contributed by atoms with van der Waals surface area (Å²) in [5.74, 6) is 0.150. The zero-order chi connectivity index (χ0) is 13.1. The normalized spacial score (nSPS) is 20.3. The zero-order valence-corrected chi connectivity index (χ0v) is 12.6. The largest absolute Gasteiger partial charge is 0.311 e. The van der Waals surface area contributed by atoms with Crippen molar-refractivity contribution in [1.82, 2.24) is 5.32 Å². The second-order valence-corrected chi connectivity index (χ2v) is 5.60. The number of anilines is 1. The van der Waals surface area contributed by atoms with Gasteiger partial charge in [-0.2, -0.15) is 0 Å². The predicted molar refractivity (Wildman–Crippen MR) is 78.2 cm³/mol. The van der Waals surface area contributed by atoms with Crippen LogP contribution in [0.2, 0.25) is 5.02 Å². The van der Waals surface area contributed by atoms with Crippen LogP contribution in [-0.4, -0.2) is 25.0 Å². The van der Waals surface area contributed by atoms with Gasteiger partial charge in [0.25, 0.3) is 0 Å². The SMILES string of the molecule is CCNC1CCCN(c2ccc(Cl)c(Br)c2)C1=O. The third-order valence-corrected chi connectivity index (χ3v) is 4.32. The van der Waals surface area contributed by atoms with Crippen LogP contribution in [0.15, 0.2) is 22.7 Å². The van der Waals surface area contributed by atoms with Gasteiger partial charge in [0.05, 0.1) is 11.1 Å². The first-order valence-electron chi connectivity index (χ1n) is 6.13. The van der Waals surface area contributed by atoms with Crippen LogP contribution in [-0.2, 0) is 4.79 Å². The predicted octanol–water partition coefficient (Wildman–Crippen LogP) is 3.21. The molecule has 2 rings (SSSR count). The minimum Gasteiger partial charge on any atom is -0.311 e. The lowest BCUT2D eigenvalue weighted by Crippen LogP contribution is -2.50. The molecule has 1 fully saturated rings. The standard InChI is InChI=1S/C13H16BrClN2O/c1-2-16-12-4-3-7-17(13(12)18)9-5-6-11(15)10(14)8-9/h5-6,8,12,16H,2-4,7H2,1H3. The van der Waals surface area contributed by atoms with Gasteiger partial charge in [0.15, 0.2) is 0 Å². The highest BCUT2D eigenvalue weighted by molar-refractivity contribution is 9.10. The third kappa shape index (κ3) is 2.87. The summed E-state index contributed by atoms with van der Waals surface area (Å²) in [6.45, 7) is 3.61. The van der Waals surface area contributed by atoms with Crippen LogP contribution < -0.4 is 10.2 Å². The van der Waals surface area contributed by atoms with Crippen molar-refractivity contribution in [3.63, 3.8) is 0 Å². The highest BCUT2D eigenvalue weighted by Crippen LogP contribution is 2.29.